The Morgan fingerprint density at radius 1 is 1.29 bits per heavy atom. The van der Waals surface area contributed by atoms with E-state index in [2.05, 4.69) is 48.7 Å². The van der Waals surface area contributed by atoms with Crippen molar-refractivity contribution in [2.75, 3.05) is 5.32 Å². The van der Waals surface area contributed by atoms with E-state index in [-0.39, 0.29) is 0 Å². The van der Waals surface area contributed by atoms with Crippen molar-refractivity contribution in [3.63, 3.8) is 0 Å². The van der Waals surface area contributed by atoms with Crippen LogP contribution in [0.3, 0.4) is 0 Å². The van der Waals surface area contributed by atoms with Crippen molar-refractivity contribution in [3.8, 4) is 0 Å². The summed E-state index contributed by atoms with van der Waals surface area (Å²) in [6.07, 6.45) is 4.21. The van der Waals surface area contributed by atoms with Crippen LogP contribution in [0.4, 0.5) is 5.69 Å². The number of para-hydroxylation sites is 1. The topological polar surface area (TPSA) is 12.0 Å². The molecule has 0 saturated carbocycles. The van der Waals surface area contributed by atoms with Gasteiger partial charge in [0.25, 0.3) is 0 Å². The lowest BCUT2D eigenvalue weighted by atomic mass is 10.3. The van der Waals surface area contributed by atoms with Gasteiger partial charge in [-0.3, -0.25) is 0 Å². The van der Waals surface area contributed by atoms with Crippen LogP contribution in [0.2, 0.25) is 0 Å². The maximum atomic E-state index is 3.40. The highest BCUT2D eigenvalue weighted by atomic mass is 32.2. The Balaban J connectivity index is 2.36. The third-order valence-electron chi connectivity index (χ3n) is 2.12. The molecule has 1 aromatic rings. The molecule has 1 aromatic carbocycles. The first kappa shape index (κ1) is 9.41. The smallest absolute Gasteiger partial charge is 0.0523 e. The summed E-state index contributed by atoms with van der Waals surface area (Å²) in [5.41, 5.74) is 2.44. The Hall–Kier alpha value is -1.15. The summed E-state index contributed by atoms with van der Waals surface area (Å²) in [4.78, 5) is 2.59. The standard InChI is InChI=1S/C12H13NS/c1-3-6-11-9(2)13-10-7-4-5-8-12(10)14-11/h3-8,13H,1-2H3/b6-3-. The van der Waals surface area contributed by atoms with Gasteiger partial charge in [0.05, 0.1) is 5.69 Å². The van der Waals surface area contributed by atoms with Gasteiger partial charge in [0.15, 0.2) is 0 Å². The monoisotopic (exact) mass is 203 g/mol. The second kappa shape index (κ2) is 3.93. The van der Waals surface area contributed by atoms with Gasteiger partial charge in [-0.1, -0.05) is 36.0 Å². The number of hydrogen-bond acceptors (Lipinski definition) is 2. The molecular formula is C12H13NS. The maximum Gasteiger partial charge on any atom is 0.0523 e. The van der Waals surface area contributed by atoms with E-state index < -0.39 is 0 Å². The molecule has 0 aliphatic carbocycles. The summed E-state index contributed by atoms with van der Waals surface area (Å²) < 4.78 is 0. The molecule has 1 aliphatic rings. The zero-order valence-electron chi connectivity index (χ0n) is 8.37. The minimum Gasteiger partial charge on any atom is -0.357 e. The molecule has 0 amide bonds. The van der Waals surface area contributed by atoms with Crippen LogP contribution in [0.5, 0.6) is 0 Å². The van der Waals surface area contributed by atoms with E-state index in [9.17, 15) is 0 Å². The fourth-order valence-electron chi connectivity index (χ4n) is 1.43. The van der Waals surface area contributed by atoms with Crippen molar-refractivity contribution < 1.29 is 0 Å². The largest absolute Gasteiger partial charge is 0.357 e. The number of nitrogens with one attached hydrogen (secondary N) is 1. The molecule has 0 spiro atoms. The molecule has 2 heteroatoms. The zero-order chi connectivity index (χ0) is 9.97. The molecule has 0 saturated heterocycles. The Bertz CT molecular complexity index is 405. The first-order valence-corrected chi connectivity index (χ1v) is 5.50. The van der Waals surface area contributed by atoms with E-state index >= 15 is 0 Å². The van der Waals surface area contributed by atoms with E-state index in [1.165, 1.54) is 21.2 Å². The van der Waals surface area contributed by atoms with Crippen LogP contribution >= 0.6 is 11.8 Å². The molecule has 1 heterocycles. The van der Waals surface area contributed by atoms with E-state index in [0.29, 0.717) is 0 Å². The number of fused-ring (bicyclic) bond motifs is 1. The summed E-state index contributed by atoms with van der Waals surface area (Å²) in [7, 11) is 0. The lowest BCUT2D eigenvalue weighted by Gasteiger charge is -2.20. The van der Waals surface area contributed by atoms with Crippen molar-refractivity contribution in [1.29, 1.82) is 0 Å². The maximum absolute atomic E-state index is 3.40. The lowest BCUT2D eigenvalue weighted by molar-refractivity contribution is 1.29. The second-order valence-corrected chi connectivity index (χ2v) is 4.30. The minimum atomic E-state index is 1.21. The van der Waals surface area contributed by atoms with Gasteiger partial charge in [0.1, 0.15) is 0 Å². The predicted octanol–water partition coefficient (Wildman–Crippen LogP) is 4.01. The number of rotatable bonds is 1. The zero-order valence-corrected chi connectivity index (χ0v) is 9.19. The summed E-state index contributed by atoms with van der Waals surface area (Å²) in [5.74, 6) is 0. The average molecular weight is 203 g/mol. The molecular weight excluding hydrogens is 190 g/mol. The molecule has 72 valence electrons. The molecule has 0 unspecified atom stereocenters. The SMILES string of the molecule is C/C=C\C1=C(C)Nc2ccccc2S1. The molecule has 1 aliphatic heterocycles. The van der Waals surface area contributed by atoms with Crippen molar-refractivity contribution in [1.82, 2.24) is 0 Å². The highest BCUT2D eigenvalue weighted by molar-refractivity contribution is 8.03. The molecule has 0 aromatic heterocycles. The Labute approximate surface area is 88.9 Å². The highest BCUT2D eigenvalue weighted by Crippen LogP contribution is 2.39. The molecule has 0 fully saturated rings. The molecule has 14 heavy (non-hydrogen) atoms. The number of thioether (sulfide) groups is 1. The molecule has 0 radical (unpaired) electrons. The second-order valence-electron chi connectivity index (χ2n) is 3.21. The highest BCUT2D eigenvalue weighted by Gasteiger charge is 2.12. The molecule has 0 atom stereocenters. The van der Waals surface area contributed by atoms with Crippen LogP contribution in [0, 0.1) is 0 Å². The molecule has 0 bridgehead atoms. The van der Waals surface area contributed by atoms with Crippen LogP contribution in [0.15, 0.2) is 51.9 Å². The number of allylic oxidation sites excluding steroid dienone is 3. The number of hydrogen-bond donors (Lipinski definition) is 1. The Morgan fingerprint density at radius 2 is 2.07 bits per heavy atom. The Morgan fingerprint density at radius 3 is 2.86 bits per heavy atom. The lowest BCUT2D eigenvalue weighted by Crippen LogP contribution is -2.03. The quantitative estimate of drug-likeness (QED) is 0.740. The summed E-state index contributed by atoms with van der Waals surface area (Å²) in [6.45, 7) is 4.15. The van der Waals surface area contributed by atoms with Gasteiger partial charge >= 0.3 is 0 Å². The van der Waals surface area contributed by atoms with Crippen molar-refractivity contribution in [2.24, 2.45) is 0 Å². The Kier molecular flexibility index (Phi) is 2.64. The van der Waals surface area contributed by atoms with Crippen molar-refractivity contribution >= 4 is 17.4 Å². The van der Waals surface area contributed by atoms with Gasteiger partial charge in [-0.25, -0.2) is 0 Å². The normalized spacial score (nSPS) is 15.6. The third kappa shape index (κ3) is 1.70. The molecule has 1 nitrogen and oxygen atoms in total. The number of anilines is 1. The average Bonchev–Trinajstić information content (AvgIpc) is 2.19. The first-order chi connectivity index (χ1) is 6.81. The van der Waals surface area contributed by atoms with E-state index in [1.807, 2.05) is 18.7 Å². The van der Waals surface area contributed by atoms with Crippen LogP contribution in [0.1, 0.15) is 13.8 Å². The number of benzene rings is 1. The van der Waals surface area contributed by atoms with Gasteiger partial charge in [-0.2, -0.15) is 0 Å². The van der Waals surface area contributed by atoms with Crippen molar-refractivity contribution in [2.45, 2.75) is 18.7 Å². The van der Waals surface area contributed by atoms with Gasteiger partial charge < -0.3 is 5.32 Å². The van der Waals surface area contributed by atoms with Crippen LogP contribution in [-0.2, 0) is 0 Å². The fraction of sp³-hybridized carbons (Fsp3) is 0.167. The van der Waals surface area contributed by atoms with Crippen LogP contribution in [0.25, 0.3) is 0 Å². The van der Waals surface area contributed by atoms with Crippen LogP contribution < -0.4 is 5.32 Å². The van der Waals surface area contributed by atoms with E-state index in [0.717, 1.165) is 0 Å². The molecule has 2 rings (SSSR count). The van der Waals surface area contributed by atoms with Gasteiger partial charge in [0, 0.05) is 15.5 Å². The molecule has 1 N–H and O–H groups in total. The fourth-order valence-corrected chi connectivity index (χ4v) is 2.45. The van der Waals surface area contributed by atoms with Gasteiger partial charge in [-0.05, 0) is 26.0 Å². The summed E-state index contributed by atoms with van der Waals surface area (Å²) in [6, 6.07) is 8.38. The third-order valence-corrected chi connectivity index (χ3v) is 3.35. The summed E-state index contributed by atoms with van der Waals surface area (Å²) >= 11 is 1.82. The minimum absolute atomic E-state index is 1.21. The van der Waals surface area contributed by atoms with Crippen LogP contribution in [-0.4, -0.2) is 0 Å². The van der Waals surface area contributed by atoms with Gasteiger partial charge in [0.2, 0.25) is 0 Å². The predicted molar refractivity (Wildman–Crippen MR) is 63.4 cm³/mol. The van der Waals surface area contributed by atoms with E-state index in [1.54, 1.807) is 0 Å². The van der Waals surface area contributed by atoms with Gasteiger partial charge in [-0.15, -0.1) is 0 Å². The summed E-state index contributed by atoms with van der Waals surface area (Å²) in [5, 5.41) is 3.40. The van der Waals surface area contributed by atoms with E-state index in [4.69, 9.17) is 0 Å². The van der Waals surface area contributed by atoms with Crippen molar-refractivity contribution in [3.05, 3.63) is 47.0 Å². The first-order valence-electron chi connectivity index (χ1n) is 4.68.